The van der Waals surface area contributed by atoms with Crippen LogP contribution in [0.3, 0.4) is 0 Å². The highest BCUT2D eigenvalue weighted by Gasteiger charge is 2.24. The molecule has 1 aliphatic rings. The van der Waals surface area contributed by atoms with Gasteiger partial charge in [-0.3, -0.25) is 4.79 Å². The molecular weight excluding hydrogens is 343 g/mol. The Kier molecular flexibility index (Phi) is 6.70. The van der Waals surface area contributed by atoms with Gasteiger partial charge in [-0.25, -0.2) is 9.37 Å². The summed E-state index contributed by atoms with van der Waals surface area (Å²) >= 11 is 0. The van der Waals surface area contributed by atoms with E-state index in [1.165, 1.54) is 18.3 Å². The molecule has 0 aromatic carbocycles. The van der Waals surface area contributed by atoms with Crippen molar-refractivity contribution in [3.63, 3.8) is 0 Å². The number of carbonyl (C=O) groups excluding carboxylic acids is 1. The molecule has 5 heteroatoms. The fraction of sp³-hybridized carbons (Fsp3) is 0.364. The molecule has 0 radical (unpaired) electrons. The Morgan fingerprint density at radius 1 is 1.41 bits per heavy atom. The SMILES string of the molecule is CCC1C=CC=C(F)C=C1C#Cc1ccc(C(=O)NC(C)C(C)(C)O)nc1. The molecule has 27 heavy (non-hydrogen) atoms. The number of nitrogens with one attached hydrogen (secondary N) is 1. The molecule has 1 aliphatic carbocycles. The second-order valence-electron chi connectivity index (χ2n) is 7.08. The second-order valence-corrected chi connectivity index (χ2v) is 7.08. The maximum atomic E-state index is 13.7. The molecule has 0 spiro atoms. The summed E-state index contributed by atoms with van der Waals surface area (Å²) in [4.78, 5) is 16.3. The minimum absolute atomic E-state index is 0.0725. The average molecular weight is 368 g/mol. The summed E-state index contributed by atoms with van der Waals surface area (Å²) in [6.07, 6.45) is 8.85. The summed E-state index contributed by atoms with van der Waals surface area (Å²) in [5.74, 6) is 5.38. The maximum absolute atomic E-state index is 13.7. The van der Waals surface area contributed by atoms with Gasteiger partial charge in [-0.15, -0.1) is 0 Å². The smallest absolute Gasteiger partial charge is 0.270 e. The summed E-state index contributed by atoms with van der Waals surface area (Å²) in [5, 5.41) is 12.6. The van der Waals surface area contributed by atoms with Crippen molar-refractivity contribution >= 4 is 5.91 Å². The lowest BCUT2D eigenvalue weighted by molar-refractivity contribution is 0.0407. The van der Waals surface area contributed by atoms with E-state index in [9.17, 15) is 14.3 Å². The van der Waals surface area contributed by atoms with Gasteiger partial charge >= 0.3 is 0 Å². The number of amides is 1. The number of hydrogen-bond acceptors (Lipinski definition) is 3. The Morgan fingerprint density at radius 2 is 2.15 bits per heavy atom. The third-order valence-electron chi connectivity index (χ3n) is 4.49. The van der Waals surface area contributed by atoms with Crippen molar-refractivity contribution in [2.75, 3.05) is 0 Å². The van der Waals surface area contributed by atoms with E-state index < -0.39 is 11.6 Å². The summed E-state index contributed by atoms with van der Waals surface area (Å²) < 4.78 is 13.7. The first kappa shape index (κ1) is 20.6. The van der Waals surface area contributed by atoms with Gasteiger partial charge in [0.1, 0.15) is 11.5 Å². The fourth-order valence-corrected chi connectivity index (χ4v) is 2.37. The van der Waals surface area contributed by atoms with E-state index in [4.69, 9.17) is 0 Å². The summed E-state index contributed by atoms with van der Waals surface area (Å²) in [5.41, 5.74) is 0.562. The zero-order chi connectivity index (χ0) is 20.0. The summed E-state index contributed by atoms with van der Waals surface area (Å²) in [6.45, 7) is 7.01. The van der Waals surface area contributed by atoms with Crippen molar-refractivity contribution in [3.8, 4) is 11.8 Å². The van der Waals surface area contributed by atoms with Crippen LogP contribution >= 0.6 is 0 Å². The summed E-state index contributed by atoms with van der Waals surface area (Å²) in [7, 11) is 0. The van der Waals surface area contributed by atoms with Crippen LogP contribution in [-0.4, -0.2) is 27.6 Å². The van der Waals surface area contributed by atoms with E-state index in [0.717, 1.165) is 6.42 Å². The lowest BCUT2D eigenvalue weighted by Crippen LogP contribution is -2.47. The maximum Gasteiger partial charge on any atom is 0.270 e. The average Bonchev–Trinajstić information content (AvgIpc) is 2.80. The molecular formula is C22H25FN2O2. The standard InChI is InChI=1S/C22H25FN2O2/c1-5-17-7-6-8-19(23)13-18(17)11-9-16-10-12-20(24-14-16)21(26)25-15(2)22(3,4)27/h6-8,10,12-15,17,27H,5H2,1-4H3,(H,25,26). The first-order valence-corrected chi connectivity index (χ1v) is 8.97. The first-order chi connectivity index (χ1) is 12.7. The minimum atomic E-state index is -1.03. The van der Waals surface area contributed by atoms with Gasteiger partial charge in [-0.1, -0.05) is 30.9 Å². The van der Waals surface area contributed by atoms with Crippen LogP contribution in [0.4, 0.5) is 4.39 Å². The molecule has 142 valence electrons. The highest BCUT2D eigenvalue weighted by Crippen LogP contribution is 2.21. The lowest BCUT2D eigenvalue weighted by atomic mass is 9.96. The van der Waals surface area contributed by atoms with E-state index in [-0.39, 0.29) is 23.3 Å². The zero-order valence-electron chi connectivity index (χ0n) is 16.1. The van der Waals surface area contributed by atoms with Crippen molar-refractivity contribution < 1.29 is 14.3 Å². The number of nitrogens with zero attached hydrogens (tertiary/aromatic N) is 1. The van der Waals surface area contributed by atoms with Crippen LogP contribution < -0.4 is 5.32 Å². The van der Waals surface area contributed by atoms with Crippen molar-refractivity contribution in [1.29, 1.82) is 0 Å². The van der Waals surface area contributed by atoms with E-state index in [1.807, 2.05) is 13.0 Å². The van der Waals surface area contributed by atoms with E-state index in [2.05, 4.69) is 22.1 Å². The fourth-order valence-electron chi connectivity index (χ4n) is 2.37. The minimum Gasteiger partial charge on any atom is -0.388 e. The predicted octanol–water partition coefficient (Wildman–Crippen LogP) is 3.70. The number of rotatable bonds is 4. The molecule has 0 aliphatic heterocycles. The number of aromatic nitrogens is 1. The topological polar surface area (TPSA) is 62.2 Å². The molecule has 0 bridgehead atoms. The summed E-state index contributed by atoms with van der Waals surface area (Å²) in [6, 6.07) is 2.86. The number of hydrogen-bond donors (Lipinski definition) is 2. The molecule has 2 N–H and O–H groups in total. The highest BCUT2D eigenvalue weighted by atomic mass is 19.1. The van der Waals surface area contributed by atoms with Gasteiger partial charge < -0.3 is 10.4 Å². The quantitative estimate of drug-likeness (QED) is 0.797. The van der Waals surface area contributed by atoms with E-state index in [0.29, 0.717) is 11.1 Å². The molecule has 0 saturated carbocycles. The molecule has 0 fully saturated rings. The van der Waals surface area contributed by atoms with Gasteiger partial charge in [-0.05, 0) is 51.5 Å². The number of allylic oxidation sites excluding steroid dienone is 6. The normalized spacial score (nSPS) is 17.8. The molecule has 2 unspecified atom stereocenters. The number of carbonyl (C=O) groups is 1. The Labute approximate surface area is 159 Å². The first-order valence-electron chi connectivity index (χ1n) is 8.97. The van der Waals surface area contributed by atoms with Crippen LogP contribution in [0.15, 0.2) is 54.0 Å². The molecule has 1 heterocycles. The largest absolute Gasteiger partial charge is 0.388 e. The van der Waals surface area contributed by atoms with Crippen LogP contribution in [0.2, 0.25) is 0 Å². The Balaban J connectivity index is 2.13. The van der Waals surface area contributed by atoms with Crippen molar-refractivity contribution in [1.82, 2.24) is 10.3 Å². The Hall–Kier alpha value is -2.71. The highest BCUT2D eigenvalue weighted by molar-refractivity contribution is 5.92. The van der Waals surface area contributed by atoms with Crippen LogP contribution in [0.25, 0.3) is 0 Å². The molecule has 1 aromatic heterocycles. The molecule has 0 saturated heterocycles. The third kappa shape index (κ3) is 5.90. The van der Waals surface area contributed by atoms with Crippen LogP contribution in [0.5, 0.6) is 0 Å². The van der Waals surface area contributed by atoms with Crippen molar-refractivity contribution in [3.05, 3.63) is 65.3 Å². The van der Waals surface area contributed by atoms with Gasteiger partial charge in [0, 0.05) is 23.3 Å². The van der Waals surface area contributed by atoms with Crippen LogP contribution in [0.1, 0.15) is 50.2 Å². The zero-order valence-corrected chi connectivity index (χ0v) is 16.1. The Morgan fingerprint density at radius 3 is 2.74 bits per heavy atom. The van der Waals surface area contributed by atoms with Crippen molar-refractivity contribution in [2.24, 2.45) is 5.92 Å². The molecule has 1 aromatic rings. The third-order valence-corrected chi connectivity index (χ3v) is 4.49. The number of aliphatic hydroxyl groups is 1. The van der Waals surface area contributed by atoms with Gasteiger partial charge in [0.2, 0.25) is 0 Å². The van der Waals surface area contributed by atoms with Gasteiger partial charge in [-0.2, -0.15) is 0 Å². The number of halogens is 1. The van der Waals surface area contributed by atoms with Crippen LogP contribution in [-0.2, 0) is 0 Å². The predicted molar refractivity (Wildman–Crippen MR) is 105 cm³/mol. The monoisotopic (exact) mass is 368 g/mol. The second kappa shape index (κ2) is 8.79. The Bertz CT molecular complexity index is 834. The van der Waals surface area contributed by atoms with Gasteiger partial charge in [0.25, 0.3) is 5.91 Å². The molecule has 1 amide bonds. The van der Waals surface area contributed by atoms with Gasteiger partial charge in [0.15, 0.2) is 0 Å². The van der Waals surface area contributed by atoms with Crippen LogP contribution in [0, 0.1) is 17.8 Å². The number of pyridine rings is 1. The lowest BCUT2D eigenvalue weighted by Gasteiger charge is -2.26. The molecule has 2 atom stereocenters. The molecule has 2 rings (SSSR count). The van der Waals surface area contributed by atoms with Crippen molar-refractivity contribution in [2.45, 2.75) is 45.8 Å². The molecule has 4 nitrogen and oxygen atoms in total. The van der Waals surface area contributed by atoms with E-state index >= 15 is 0 Å². The van der Waals surface area contributed by atoms with E-state index in [1.54, 1.807) is 39.0 Å². The van der Waals surface area contributed by atoms with Gasteiger partial charge in [0.05, 0.1) is 11.6 Å².